The van der Waals surface area contributed by atoms with Gasteiger partial charge in [0, 0.05) is 37.8 Å². The Hall–Kier alpha value is -1.92. The van der Waals surface area contributed by atoms with Gasteiger partial charge in [0.15, 0.2) is 0 Å². The Morgan fingerprint density at radius 2 is 1.92 bits per heavy atom. The van der Waals surface area contributed by atoms with Gasteiger partial charge in [0.25, 0.3) is 0 Å². The molecule has 7 nitrogen and oxygen atoms in total. The minimum atomic E-state index is -0.314. The summed E-state index contributed by atoms with van der Waals surface area (Å²) in [6.45, 7) is 5.76. The van der Waals surface area contributed by atoms with Crippen molar-refractivity contribution in [2.45, 2.75) is 71.6 Å². The number of likely N-dealkylation sites (tertiary alicyclic amines) is 1. The Kier molecular flexibility index (Phi) is 8.06. The van der Waals surface area contributed by atoms with Gasteiger partial charge in [0.1, 0.15) is 11.6 Å². The lowest BCUT2D eigenvalue weighted by molar-refractivity contribution is -0.132. The van der Waals surface area contributed by atoms with Crippen LogP contribution in [0, 0.1) is 11.8 Å². The normalized spacial score (nSPS) is 17.1. The third-order valence-corrected chi connectivity index (χ3v) is 5.40. The number of carbonyl (C=O) groups excluding carboxylic acids is 2. The maximum absolute atomic E-state index is 12.7. The standard InChI is InChI=1S/C19H32N4O3/c1-3-15(10-11-16-20-19(26)22-21-16)18(25)14(2)8-7-9-17(24)23-12-5-4-6-13-23/h14-15H,3-13H2,1-2H3,(H2,20,21,22,26)/t14?,15-/m0/s1. The van der Waals surface area contributed by atoms with Crippen molar-refractivity contribution in [3.63, 3.8) is 0 Å². The number of nitrogens with one attached hydrogen (secondary N) is 2. The van der Waals surface area contributed by atoms with Crippen molar-refractivity contribution < 1.29 is 9.59 Å². The van der Waals surface area contributed by atoms with Crippen LogP contribution in [0.3, 0.4) is 0 Å². The molecule has 26 heavy (non-hydrogen) atoms. The molecule has 0 spiro atoms. The average molecular weight is 364 g/mol. The Morgan fingerprint density at radius 1 is 1.19 bits per heavy atom. The molecule has 1 amide bonds. The molecule has 146 valence electrons. The number of Topliss-reactive ketones (excluding diaryl/α,β-unsaturated/α-hetero) is 1. The third kappa shape index (κ3) is 6.11. The van der Waals surface area contributed by atoms with Gasteiger partial charge in [0.05, 0.1) is 0 Å². The van der Waals surface area contributed by atoms with Crippen molar-refractivity contribution in [1.82, 2.24) is 20.1 Å². The Labute approximate surface area is 154 Å². The third-order valence-electron chi connectivity index (χ3n) is 5.40. The van der Waals surface area contributed by atoms with Gasteiger partial charge < -0.3 is 4.90 Å². The van der Waals surface area contributed by atoms with Crippen LogP contribution < -0.4 is 5.69 Å². The van der Waals surface area contributed by atoms with Crippen LogP contribution >= 0.6 is 0 Å². The molecule has 7 heteroatoms. The number of H-pyrrole nitrogens is 2. The Morgan fingerprint density at radius 3 is 2.54 bits per heavy atom. The van der Waals surface area contributed by atoms with E-state index in [4.69, 9.17) is 0 Å². The fraction of sp³-hybridized carbons (Fsp3) is 0.789. The highest BCUT2D eigenvalue weighted by atomic mass is 16.2. The number of aryl methyl sites for hydroxylation is 1. The molecule has 2 N–H and O–H groups in total. The summed E-state index contributed by atoms with van der Waals surface area (Å²) in [6, 6.07) is 0. The molecule has 2 rings (SSSR count). The molecule has 2 atom stereocenters. The molecular formula is C19H32N4O3. The number of carbonyl (C=O) groups is 2. The molecule has 0 radical (unpaired) electrons. The summed E-state index contributed by atoms with van der Waals surface area (Å²) in [5, 5.41) is 6.24. The molecule has 2 heterocycles. The van der Waals surface area contributed by atoms with Crippen molar-refractivity contribution >= 4 is 11.7 Å². The number of hydrogen-bond acceptors (Lipinski definition) is 4. The van der Waals surface area contributed by atoms with E-state index >= 15 is 0 Å². The molecule has 0 saturated carbocycles. The Balaban J connectivity index is 1.71. The summed E-state index contributed by atoms with van der Waals surface area (Å²) in [5.74, 6) is 1.03. The second-order valence-corrected chi connectivity index (χ2v) is 7.41. The largest absolute Gasteiger partial charge is 0.343 e. The number of aromatic nitrogens is 3. The summed E-state index contributed by atoms with van der Waals surface area (Å²) >= 11 is 0. The molecule has 1 aliphatic rings. The number of amides is 1. The lowest BCUT2D eigenvalue weighted by Crippen LogP contribution is -2.35. The second kappa shape index (κ2) is 10.3. The van der Waals surface area contributed by atoms with Gasteiger partial charge in [-0.15, -0.1) is 0 Å². The predicted octanol–water partition coefficient (Wildman–Crippen LogP) is 2.44. The Bertz CT molecular complexity index is 631. The van der Waals surface area contributed by atoms with E-state index in [-0.39, 0.29) is 29.2 Å². The summed E-state index contributed by atoms with van der Waals surface area (Å²) in [5.41, 5.74) is -0.314. The van der Waals surface area contributed by atoms with Crippen LogP contribution in [0.2, 0.25) is 0 Å². The van der Waals surface area contributed by atoms with E-state index in [1.54, 1.807) is 0 Å². The number of piperidine rings is 1. The SMILES string of the molecule is CC[C@@H](CCc1n[nH]c(=O)[nH]1)C(=O)C(C)CCCC(=O)N1CCCCC1. The van der Waals surface area contributed by atoms with Crippen molar-refractivity contribution in [3.8, 4) is 0 Å². The molecule has 0 bridgehead atoms. The van der Waals surface area contributed by atoms with E-state index < -0.39 is 0 Å². The zero-order valence-electron chi connectivity index (χ0n) is 16.1. The highest BCUT2D eigenvalue weighted by molar-refractivity contribution is 5.83. The van der Waals surface area contributed by atoms with E-state index in [9.17, 15) is 14.4 Å². The molecule has 1 aromatic heterocycles. The minimum Gasteiger partial charge on any atom is -0.343 e. The summed E-state index contributed by atoms with van der Waals surface area (Å²) in [4.78, 5) is 40.5. The zero-order chi connectivity index (χ0) is 18.9. The van der Waals surface area contributed by atoms with Crippen LogP contribution in [0.25, 0.3) is 0 Å². The average Bonchev–Trinajstić information content (AvgIpc) is 3.07. The molecule has 0 aliphatic carbocycles. The summed E-state index contributed by atoms with van der Waals surface area (Å²) < 4.78 is 0. The van der Waals surface area contributed by atoms with E-state index in [1.165, 1.54) is 6.42 Å². The molecule has 0 aromatic carbocycles. The van der Waals surface area contributed by atoms with E-state index in [1.807, 2.05) is 18.7 Å². The van der Waals surface area contributed by atoms with Gasteiger partial charge in [-0.05, 0) is 44.9 Å². The topological polar surface area (TPSA) is 98.9 Å². The maximum Gasteiger partial charge on any atom is 0.340 e. The van der Waals surface area contributed by atoms with Crippen molar-refractivity contribution in [1.29, 1.82) is 0 Å². The number of rotatable bonds is 10. The highest BCUT2D eigenvalue weighted by Crippen LogP contribution is 2.21. The molecule has 1 saturated heterocycles. The van der Waals surface area contributed by atoms with Gasteiger partial charge in [-0.3, -0.25) is 14.6 Å². The molecule has 1 fully saturated rings. The van der Waals surface area contributed by atoms with Crippen molar-refractivity contribution in [3.05, 3.63) is 16.3 Å². The zero-order valence-corrected chi connectivity index (χ0v) is 16.1. The fourth-order valence-corrected chi connectivity index (χ4v) is 3.69. The maximum atomic E-state index is 12.7. The molecular weight excluding hydrogens is 332 g/mol. The first-order valence-corrected chi connectivity index (χ1v) is 9.96. The summed E-state index contributed by atoms with van der Waals surface area (Å²) in [6.07, 6.45) is 7.57. The van der Waals surface area contributed by atoms with E-state index in [0.29, 0.717) is 25.1 Å². The number of hydrogen-bond donors (Lipinski definition) is 2. The first-order valence-electron chi connectivity index (χ1n) is 9.96. The monoisotopic (exact) mass is 364 g/mol. The van der Waals surface area contributed by atoms with Crippen molar-refractivity contribution in [2.24, 2.45) is 11.8 Å². The number of nitrogens with zero attached hydrogens (tertiary/aromatic N) is 2. The molecule has 1 unspecified atom stereocenters. The first kappa shape index (κ1) is 20.4. The van der Waals surface area contributed by atoms with Gasteiger partial charge in [0.2, 0.25) is 5.91 Å². The van der Waals surface area contributed by atoms with Crippen LogP contribution in [-0.2, 0) is 16.0 Å². The highest BCUT2D eigenvalue weighted by Gasteiger charge is 2.23. The van der Waals surface area contributed by atoms with Crippen LogP contribution in [0.1, 0.15) is 71.0 Å². The lowest BCUT2D eigenvalue weighted by Gasteiger charge is -2.27. The van der Waals surface area contributed by atoms with Crippen LogP contribution in [0.15, 0.2) is 4.79 Å². The lowest BCUT2D eigenvalue weighted by atomic mass is 9.86. The smallest absolute Gasteiger partial charge is 0.340 e. The van der Waals surface area contributed by atoms with Crippen LogP contribution in [0.4, 0.5) is 0 Å². The second-order valence-electron chi connectivity index (χ2n) is 7.41. The molecule has 1 aromatic rings. The predicted molar refractivity (Wildman–Crippen MR) is 99.8 cm³/mol. The van der Waals surface area contributed by atoms with Crippen molar-refractivity contribution in [2.75, 3.05) is 13.1 Å². The summed E-state index contributed by atoms with van der Waals surface area (Å²) in [7, 11) is 0. The molecule has 1 aliphatic heterocycles. The van der Waals surface area contributed by atoms with Gasteiger partial charge in [-0.25, -0.2) is 9.89 Å². The van der Waals surface area contributed by atoms with E-state index in [0.717, 1.165) is 45.2 Å². The van der Waals surface area contributed by atoms with Gasteiger partial charge in [-0.2, -0.15) is 5.10 Å². The minimum absolute atomic E-state index is 0.0250. The van der Waals surface area contributed by atoms with E-state index in [2.05, 4.69) is 15.2 Å². The van der Waals surface area contributed by atoms with Gasteiger partial charge in [-0.1, -0.05) is 13.8 Å². The van der Waals surface area contributed by atoms with Crippen LogP contribution in [-0.4, -0.2) is 44.9 Å². The fourth-order valence-electron chi connectivity index (χ4n) is 3.69. The first-order chi connectivity index (χ1) is 12.5. The number of aromatic amines is 2. The van der Waals surface area contributed by atoms with Crippen LogP contribution in [0.5, 0.6) is 0 Å². The number of ketones is 1. The van der Waals surface area contributed by atoms with Gasteiger partial charge >= 0.3 is 5.69 Å². The quantitative estimate of drug-likeness (QED) is 0.666.